The maximum absolute atomic E-state index is 13.6. The minimum absolute atomic E-state index is 0.105. The largest absolute Gasteiger partial charge is 0.416 e. The number of carbonyl (C=O) groups is 2. The van der Waals surface area contributed by atoms with Crippen LogP contribution >= 0.6 is 0 Å². The van der Waals surface area contributed by atoms with E-state index in [2.05, 4.69) is 6.92 Å². The molecule has 0 aromatic heterocycles. The molecule has 3 aliphatic rings. The van der Waals surface area contributed by atoms with E-state index in [1.807, 2.05) is 12.2 Å². The lowest BCUT2D eigenvalue weighted by Gasteiger charge is -2.52. The number of halogens is 3. The van der Waals surface area contributed by atoms with Crippen LogP contribution in [0.15, 0.2) is 36.1 Å². The van der Waals surface area contributed by atoms with Gasteiger partial charge in [0.2, 0.25) is 0 Å². The molecule has 9 heteroatoms. The van der Waals surface area contributed by atoms with Crippen LogP contribution in [0.25, 0.3) is 0 Å². The summed E-state index contributed by atoms with van der Waals surface area (Å²) in [5, 5.41) is 16.2. The Labute approximate surface area is 189 Å². The highest BCUT2D eigenvalue weighted by atomic mass is 19.4. The summed E-state index contributed by atoms with van der Waals surface area (Å²) < 4.78 is 40.9. The van der Waals surface area contributed by atoms with Crippen molar-refractivity contribution in [1.82, 2.24) is 9.80 Å². The summed E-state index contributed by atoms with van der Waals surface area (Å²) in [6.07, 6.45) is 4.40. The van der Waals surface area contributed by atoms with E-state index in [1.54, 1.807) is 13.1 Å². The topological polar surface area (TPSA) is 88.3 Å². The molecule has 4 rings (SSSR count). The second-order valence-electron chi connectivity index (χ2n) is 9.20. The molecule has 174 valence electrons. The van der Waals surface area contributed by atoms with E-state index in [1.165, 1.54) is 15.9 Å². The first-order chi connectivity index (χ1) is 15.5. The number of benzene rings is 1. The SMILES string of the molecule is CC1CC(C(=N)N(C)C=N)(C2C=C(N3Cc4c(cc(C=O)cc4C(F)(F)F)C3=O)C=CC2)C1. The zero-order valence-corrected chi connectivity index (χ0v) is 18.4. The number of nitrogens with zero attached hydrogens (tertiary/aromatic N) is 2. The summed E-state index contributed by atoms with van der Waals surface area (Å²) in [6, 6.07) is 2.00. The van der Waals surface area contributed by atoms with Gasteiger partial charge in [0.25, 0.3) is 5.91 Å². The number of fused-ring (bicyclic) bond motifs is 1. The minimum atomic E-state index is -4.68. The fourth-order valence-corrected chi connectivity index (χ4v) is 5.46. The fourth-order valence-electron chi connectivity index (χ4n) is 5.46. The molecular weight excluding hydrogens is 433 g/mol. The number of alkyl halides is 3. The maximum Gasteiger partial charge on any atom is 0.416 e. The van der Waals surface area contributed by atoms with Gasteiger partial charge in [-0.05, 0) is 54.9 Å². The molecule has 1 atom stereocenters. The lowest BCUT2D eigenvalue weighted by Crippen LogP contribution is -2.53. The molecule has 0 saturated heterocycles. The van der Waals surface area contributed by atoms with Crippen LogP contribution in [0.3, 0.4) is 0 Å². The molecule has 1 amide bonds. The van der Waals surface area contributed by atoms with Gasteiger partial charge in [0.15, 0.2) is 0 Å². The molecule has 1 aromatic carbocycles. The molecule has 6 nitrogen and oxygen atoms in total. The summed E-state index contributed by atoms with van der Waals surface area (Å²) in [7, 11) is 1.66. The molecule has 1 saturated carbocycles. The van der Waals surface area contributed by atoms with Gasteiger partial charge in [0.1, 0.15) is 12.1 Å². The van der Waals surface area contributed by atoms with E-state index in [4.69, 9.17) is 10.8 Å². The third kappa shape index (κ3) is 3.69. The van der Waals surface area contributed by atoms with Crippen LogP contribution in [-0.2, 0) is 12.7 Å². The highest BCUT2D eigenvalue weighted by Crippen LogP contribution is 2.54. The Kier molecular flexibility index (Phi) is 5.54. The van der Waals surface area contributed by atoms with E-state index in [9.17, 15) is 22.8 Å². The van der Waals surface area contributed by atoms with Gasteiger partial charge >= 0.3 is 6.18 Å². The maximum atomic E-state index is 13.6. The molecule has 1 aromatic rings. The van der Waals surface area contributed by atoms with Crippen molar-refractivity contribution in [2.24, 2.45) is 17.3 Å². The van der Waals surface area contributed by atoms with E-state index < -0.39 is 23.1 Å². The smallest absolute Gasteiger partial charge is 0.324 e. The van der Waals surface area contributed by atoms with Gasteiger partial charge < -0.3 is 9.80 Å². The summed E-state index contributed by atoms with van der Waals surface area (Å²) in [5.41, 5.74) is -1.37. The Hall–Kier alpha value is -3.23. The zero-order valence-electron chi connectivity index (χ0n) is 18.4. The van der Waals surface area contributed by atoms with Crippen LogP contribution in [0, 0.1) is 28.1 Å². The molecule has 0 spiro atoms. The van der Waals surface area contributed by atoms with Crippen LogP contribution in [0.5, 0.6) is 0 Å². The summed E-state index contributed by atoms with van der Waals surface area (Å²) >= 11 is 0. The van der Waals surface area contributed by atoms with Gasteiger partial charge in [0, 0.05) is 29.3 Å². The predicted molar refractivity (Wildman–Crippen MR) is 117 cm³/mol. The number of rotatable bonds is 5. The van der Waals surface area contributed by atoms with E-state index >= 15 is 0 Å². The Morgan fingerprint density at radius 1 is 1.30 bits per heavy atom. The zero-order chi connectivity index (χ0) is 24.1. The molecule has 33 heavy (non-hydrogen) atoms. The van der Waals surface area contributed by atoms with Crippen molar-refractivity contribution in [3.05, 3.63) is 58.3 Å². The fraction of sp³-hybridized carbons (Fsp3) is 0.417. The third-order valence-electron chi connectivity index (χ3n) is 7.02. The summed E-state index contributed by atoms with van der Waals surface area (Å²) in [5.74, 6) is 0.0599. The average molecular weight is 458 g/mol. The molecule has 0 bridgehead atoms. The van der Waals surface area contributed by atoms with Crippen molar-refractivity contribution < 1.29 is 22.8 Å². The number of hydrogen-bond acceptors (Lipinski definition) is 4. The second-order valence-corrected chi connectivity index (χ2v) is 9.20. The first-order valence-electron chi connectivity index (χ1n) is 10.7. The Morgan fingerprint density at radius 3 is 2.58 bits per heavy atom. The highest BCUT2D eigenvalue weighted by molar-refractivity contribution is 6.01. The van der Waals surface area contributed by atoms with Crippen molar-refractivity contribution in [3.8, 4) is 0 Å². The quantitative estimate of drug-likeness (QED) is 0.375. The Bertz CT molecular complexity index is 1100. The van der Waals surface area contributed by atoms with Crippen LogP contribution in [-0.4, -0.2) is 41.2 Å². The third-order valence-corrected chi connectivity index (χ3v) is 7.02. The second kappa shape index (κ2) is 7.97. The molecule has 0 radical (unpaired) electrons. The summed E-state index contributed by atoms with van der Waals surface area (Å²) in [4.78, 5) is 27.1. The Balaban J connectivity index is 1.70. The Morgan fingerprint density at radius 2 is 2.00 bits per heavy atom. The monoisotopic (exact) mass is 458 g/mol. The van der Waals surface area contributed by atoms with Gasteiger partial charge in [-0.3, -0.25) is 20.4 Å². The van der Waals surface area contributed by atoms with Crippen LogP contribution in [0.4, 0.5) is 13.2 Å². The van der Waals surface area contributed by atoms with E-state index in [0.29, 0.717) is 30.2 Å². The van der Waals surface area contributed by atoms with Crippen molar-refractivity contribution in [2.75, 3.05) is 7.05 Å². The number of carbonyl (C=O) groups excluding carboxylic acids is 2. The number of amides is 1. The highest BCUT2D eigenvalue weighted by Gasteiger charge is 2.52. The number of allylic oxidation sites excluding steroid dienone is 3. The van der Waals surface area contributed by atoms with Crippen LogP contribution in [0.1, 0.15) is 58.0 Å². The molecule has 1 aliphatic heterocycles. The molecule has 2 aliphatic carbocycles. The lowest BCUT2D eigenvalue weighted by atomic mass is 9.54. The normalized spacial score (nSPS) is 26.4. The van der Waals surface area contributed by atoms with Gasteiger partial charge in [-0.1, -0.05) is 19.1 Å². The van der Waals surface area contributed by atoms with Gasteiger partial charge in [-0.2, -0.15) is 13.2 Å². The van der Waals surface area contributed by atoms with Gasteiger partial charge in [0.05, 0.1) is 18.4 Å². The van der Waals surface area contributed by atoms with Gasteiger partial charge in [-0.15, -0.1) is 0 Å². The number of nitrogens with one attached hydrogen (secondary N) is 2. The first-order valence-corrected chi connectivity index (χ1v) is 10.7. The number of aldehydes is 1. The van der Waals surface area contributed by atoms with Crippen molar-refractivity contribution in [2.45, 2.75) is 38.9 Å². The standard InChI is InChI=1S/C24H25F3N4O2/c1-14-9-23(10-14,22(29)30(2)13-28)16-4-3-5-17(8-16)31-11-19-18(21(31)33)6-15(12-32)7-20(19)24(25,26)27/h3,5-8,12-14,16,28-29H,4,9-11H2,1-2H3. The van der Waals surface area contributed by atoms with E-state index in [0.717, 1.165) is 25.2 Å². The van der Waals surface area contributed by atoms with Crippen molar-refractivity contribution in [1.29, 1.82) is 10.8 Å². The van der Waals surface area contributed by atoms with E-state index in [-0.39, 0.29) is 29.2 Å². The number of hydrogen-bond donors (Lipinski definition) is 2. The molecule has 1 unspecified atom stereocenters. The summed E-state index contributed by atoms with van der Waals surface area (Å²) in [6.45, 7) is 1.87. The average Bonchev–Trinajstić information content (AvgIpc) is 3.10. The molecule has 1 heterocycles. The van der Waals surface area contributed by atoms with Crippen LogP contribution < -0.4 is 0 Å². The molecular formula is C24H25F3N4O2. The predicted octanol–water partition coefficient (Wildman–Crippen LogP) is 4.87. The number of amidine groups is 1. The lowest BCUT2D eigenvalue weighted by molar-refractivity contribution is -0.138. The van der Waals surface area contributed by atoms with Crippen molar-refractivity contribution >= 4 is 24.4 Å². The van der Waals surface area contributed by atoms with Crippen LogP contribution in [0.2, 0.25) is 0 Å². The minimum Gasteiger partial charge on any atom is -0.324 e. The van der Waals surface area contributed by atoms with Gasteiger partial charge in [-0.25, -0.2) is 0 Å². The van der Waals surface area contributed by atoms with Crippen molar-refractivity contribution in [3.63, 3.8) is 0 Å². The first kappa shape index (κ1) is 22.9. The molecule has 2 N–H and O–H groups in total. The molecule has 1 fully saturated rings.